The van der Waals surface area contributed by atoms with E-state index >= 15 is 0 Å². The first-order valence-corrected chi connectivity index (χ1v) is 5.71. The van der Waals surface area contributed by atoms with Crippen LogP contribution in [0.1, 0.15) is 32.1 Å². The molecule has 1 saturated carbocycles. The van der Waals surface area contributed by atoms with Gasteiger partial charge in [-0.2, -0.15) is 0 Å². The molecule has 14 heavy (non-hydrogen) atoms. The predicted molar refractivity (Wildman–Crippen MR) is 59.6 cm³/mol. The molecule has 0 aromatic carbocycles. The van der Waals surface area contributed by atoms with Gasteiger partial charge >= 0.3 is 0 Å². The SMILES string of the molecule is NC1=CC=CN(CC2CCCCC2)C1. The van der Waals surface area contributed by atoms with Crippen molar-refractivity contribution in [2.24, 2.45) is 11.7 Å². The van der Waals surface area contributed by atoms with Crippen molar-refractivity contribution >= 4 is 0 Å². The Bertz CT molecular complexity index is 237. The summed E-state index contributed by atoms with van der Waals surface area (Å²) in [5.74, 6) is 0.902. The maximum Gasteiger partial charge on any atom is 0.0569 e. The van der Waals surface area contributed by atoms with Gasteiger partial charge in [-0.1, -0.05) is 19.3 Å². The van der Waals surface area contributed by atoms with Crippen LogP contribution in [0.15, 0.2) is 24.0 Å². The van der Waals surface area contributed by atoms with E-state index in [1.54, 1.807) is 0 Å². The van der Waals surface area contributed by atoms with Gasteiger partial charge in [0.15, 0.2) is 0 Å². The fourth-order valence-electron chi connectivity index (χ4n) is 2.46. The van der Waals surface area contributed by atoms with E-state index < -0.39 is 0 Å². The minimum absolute atomic E-state index is 0.902. The maximum absolute atomic E-state index is 5.80. The topological polar surface area (TPSA) is 29.3 Å². The summed E-state index contributed by atoms with van der Waals surface area (Å²) in [5, 5.41) is 0. The van der Waals surface area contributed by atoms with E-state index in [0.717, 1.165) is 18.2 Å². The lowest BCUT2D eigenvalue weighted by molar-refractivity contribution is 0.263. The van der Waals surface area contributed by atoms with Crippen LogP contribution in [0.3, 0.4) is 0 Å². The zero-order valence-corrected chi connectivity index (χ0v) is 8.78. The lowest BCUT2D eigenvalue weighted by Gasteiger charge is -2.30. The van der Waals surface area contributed by atoms with Crippen LogP contribution in [0, 0.1) is 5.92 Å². The molecule has 2 heteroatoms. The summed E-state index contributed by atoms with van der Waals surface area (Å²) in [4.78, 5) is 2.35. The summed E-state index contributed by atoms with van der Waals surface area (Å²) in [7, 11) is 0. The average molecular weight is 192 g/mol. The summed E-state index contributed by atoms with van der Waals surface area (Å²) < 4.78 is 0. The molecule has 1 fully saturated rings. The molecule has 0 aromatic rings. The van der Waals surface area contributed by atoms with Crippen LogP contribution in [0.2, 0.25) is 0 Å². The lowest BCUT2D eigenvalue weighted by atomic mass is 9.89. The normalized spacial score (nSPS) is 23.7. The molecule has 78 valence electrons. The van der Waals surface area contributed by atoms with Gasteiger partial charge in [-0.3, -0.25) is 0 Å². The first-order valence-electron chi connectivity index (χ1n) is 5.71. The standard InChI is InChI=1S/C12H20N2/c13-12-7-4-8-14(10-12)9-11-5-2-1-3-6-11/h4,7-8,11H,1-3,5-6,9-10,13H2. The second-order valence-corrected chi connectivity index (χ2v) is 4.52. The molecule has 2 N–H and O–H groups in total. The summed E-state index contributed by atoms with van der Waals surface area (Å²) >= 11 is 0. The maximum atomic E-state index is 5.80. The van der Waals surface area contributed by atoms with Crippen molar-refractivity contribution in [3.05, 3.63) is 24.0 Å². The Morgan fingerprint density at radius 1 is 1.29 bits per heavy atom. The minimum atomic E-state index is 0.902. The molecule has 0 unspecified atom stereocenters. The Kier molecular flexibility index (Phi) is 3.12. The molecule has 0 radical (unpaired) electrons. The van der Waals surface area contributed by atoms with Crippen molar-refractivity contribution < 1.29 is 0 Å². The van der Waals surface area contributed by atoms with Crippen molar-refractivity contribution in [1.29, 1.82) is 0 Å². The van der Waals surface area contributed by atoms with E-state index in [-0.39, 0.29) is 0 Å². The minimum Gasteiger partial charge on any atom is -0.401 e. The molecule has 0 atom stereocenters. The highest BCUT2D eigenvalue weighted by Gasteiger charge is 2.16. The van der Waals surface area contributed by atoms with Gasteiger partial charge < -0.3 is 10.6 Å². The summed E-state index contributed by atoms with van der Waals surface area (Å²) in [5.41, 5.74) is 6.79. The highest BCUT2D eigenvalue weighted by molar-refractivity contribution is 5.15. The number of nitrogens with two attached hydrogens (primary N) is 1. The molecule has 2 rings (SSSR count). The van der Waals surface area contributed by atoms with Crippen LogP contribution >= 0.6 is 0 Å². The van der Waals surface area contributed by atoms with Crippen LogP contribution in [-0.2, 0) is 0 Å². The number of nitrogens with zero attached hydrogens (tertiary/aromatic N) is 1. The van der Waals surface area contributed by atoms with Crippen molar-refractivity contribution in [2.75, 3.05) is 13.1 Å². The van der Waals surface area contributed by atoms with E-state index in [9.17, 15) is 0 Å². The van der Waals surface area contributed by atoms with Gasteiger partial charge in [-0.15, -0.1) is 0 Å². The van der Waals surface area contributed by atoms with Gasteiger partial charge in [0.1, 0.15) is 0 Å². The summed E-state index contributed by atoms with van der Waals surface area (Å²) in [6.45, 7) is 2.12. The van der Waals surface area contributed by atoms with Crippen LogP contribution in [0.25, 0.3) is 0 Å². The molecule has 0 aromatic heterocycles. The number of hydrogen-bond acceptors (Lipinski definition) is 2. The van der Waals surface area contributed by atoms with E-state index in [1.807, 2.05) is 6.08 Å². The van der Waals surface area contributed by atoms with E-state index in [1.165, 1.54) is 38.6 Å². The number of rotatable bonds is 2. The third-order valence-electron chi connectivity index (χ3n) is 3.21. The monoisotopic (exact) mass is 192 g/mol. The second kappa shape index (κ2) is 4.54. The Balaban J connectivity index is 1.80. The third kappa shape index (κ3) is 2.53. The van der Waals surface area contributed by atoms with E-state index in [2.05, 4.69) is 17.2 Å². The van der Waals surface area contributed by atoms with Gasteiger partial charge in [0.05, 0.1) is 6.54 Å². The first-order chi connectivity index (χ1) is 6.84. The lowest BCUT2D eigenvalue weighted by Crippen LogP contribution is -2.31. The zero-order valence-electron chi connectivity index (χ0n) is 8.78. The predicted octanol–water partition coefficient (Wildman–Crippen LogP) is 2.24. The molecule has 1 aliphatic carbocycles. The molecule has 0 spiro atoms. The van der Waals surface area contributed by atoms with E-state index in [4.69, 9.17) is 5.73 Å². The van der Waals surface area contributed by atoms with Crippen molar-refractivity contribution in [3.8, 4) is 0 Å². The van der Waals surface area contributed by atoms with E-state index in [0.29, 0.717) is 0 Å². The zero-order chi connectivity index (χ0) is 9.80. The Morgan fingerprint density at radius 3 is 2.79 bits per heavy atom. The molecule has 1 aliphatic heterocycles. The molecule has 2 aliphatic rings. The van der Waals surface area contributed by atoms with Gasteiger partial charge in [-0.25, -0.2) is 0 Å². The molecular formula is C12H20N2. The van der Waals surface area contributed by atoms with Crippen LogP contribution < -0.4 is 5.73 Å². The molecule has 0 saturated heterocycles. The third-order valence-corrected chi connectivity index (χ3v) is 3.21. The number of hydrogen-bond donors (Lipinski definition) is 1. The first kappa shape index (κ1) is 9.63. The summed E-state index contributed by atoms with van der Waals surface area (Å²) in [6, 6.07) is 0. The Morgan fingerprint density at radius 2 is 2.07 bits per heavy atom. The van der Waals surface area contributed by atoms with Crippen LogP contribution in [0.4, 0.5) is 0 Å². The Labute approximate surface area is 86.5 Å². The summed E-state index contributed by atoms with van der Waals surface area (Å²) in [6.07, 6.45) is 13.3. The van der Waals surface area contributed by atoms with Crippen molar-refractivity contribution in [1.82, 2.24) is 4.90 Å². The fraction of sp³-hybridized carbons (Fsp3) is 0.667. The average Bonchev–Trinajstić information content (AvgIpc) is 2.19. The van der Waals surface area contributed by atoms with Crippen LogP contribution in [-0.4, -0.2) is 18.0 Å². The van der Waals surface area contributed by atoms with Crippen LogP contribution in [0.5, 0.6) is 0 Å². The quantitative estimate of drug-likeness (QED) is 0.727. The molecule has 0 amide bonds. The number of allylic oxidation sites excluding steroid dienone is 2. The van der Waals surface area contributed by atoms with Crippen molar-refractivity contribution in [2.45, 2.75) is 32.1 Å². The van der Waals surface area contributed by atoms with Gasteiger partial charge in [-0.05, 0) is 37.1 Å². The highest BCUT2D eigenvalue weighted by atomic mass is 15.1. The largest absolute Gasteiger partial charge is 0.401 e. The highest BCUT2D eigenvalue weighted by Crippen LogP contribution is 2.24. The second-order valence-electron chi connectivity index (χ2n) is 4.52. The molecule has 0 bridgehead atoms. The molecule has 2 nitrogen and oxygen atoms in total. The molecule has 1 heterocycles. The Hall–Kier alpha value is -0.920. The smallest absolute Gasteiger partial charge is 0.0569 e. The van der Waals surface area contributed by atoms with Gasteiger partial charge in [0.25, 0.3) is 0 Å². The van der Waals surface area contributed by atoms with Gasteiger partial charge in [0, 0.05) is 12.2 Å². The van der Waals surface area contributed by atoms with Crippen molar-refractivity contribution in [3.63, 3.8) is 0 Å². The molecular weight excluding hydrogens is 172 g/mol. The van der Waals surface area contributed by atoms with Gasteiger partial charge in [0.2, 0.25) is 0 Å². The fourth-order valence-corrected chi connectivity index (χ4v) is 2.46.